The first-order chi connectivity index (χ1) is 28.4. The van der Waals surface area contributed by atoms with Crippen molar-refractivity contribution < 1.29 is 23.8 Å². The van der Waals surface area contributed by atoms with Crippen LogP contribution in [0.15, 0.2) is 0 Å². The van der Waals surface area contributed by atoms with Crippen molar-refractivity contribution >= 4 is 11.9 Å². The number of ether oxygens (including phenoxy) is 3. The molecule has 0 aromatic rings. The van der Waals surface area contributed by atoms with Crippen molar-refractivity contribution in [2.75, 3.05) is 59.6 Å². The van der Waals surface area contributed by atoms with Crippen molar-refractivity contribution in [3.05, 3.63) is 0 Å². The van der Waals surface area contributed by atoms with E-state index >= 15 is 0 Å². The van der Waals surface area contributed by atoms with Crippen LogP contribution in [0.1, 0.15) is 240 Å². The van der Waals surface area contributed by atoms with Gasteiger partial charge in [0.15, 0.2) is 0 Å². The van der Waals surface area contributed by atoms with E-state index in [-0.39, 0.29) is 11.9 Å². The summed E-state index contributed by atoms with van der Waals surface area (Å²) < 4.78 is 17.9. The van der Waals surface area contributed by atoms with Crippen LogP contribution in [0.5, 0.6) is 0 Å². The maximum Gasteiger partial charge on any atom is 0.306 e. The second kappa shape index (κ2) is 41.2. The molecule has 344 valence electrons. The number of rotatable bonds is 43. The molecule has 1 fully saturated rings. The van der Waals surface area contributed by atoms with Gasteiger partial charge in [-0.15, -0.1) is 0 Å². The average molecular weight is 821 g/mol. The number of hydrogen-bond donors (Lipinski definition) is 0. The van der Waals surface area contributed by atoms with Gasteiger partial charge in [-0.25, -0.2) is 0 Å². The Morgan fingerprint density at radius 3 is 1.19 bits per heavy atom. The van der Waals surface area contributed by atoms with Gasteiger partial charge >= 0.3 is 11.9 Å². The predicted octanol–water partition coefficient (Wildman–Crippen LogP) is 13.9. The van der Waals surface area contributed by atoms with Crippen LogP contribution >= 0.6 is 0 Å². The molecular weight excluding hydrogens is 721 g/mol. The largest absolute Gasteiger partial charge is 0.466 e. The third-order valence-electron chi connectivity index (χ3n) is 12.7. The Balaban J connectivity index is 2.26. The fourth-order valence-electron chi connectivity index (χ4n) is 8.67. The molecule has 1 rings (SSSR count). The second-order valence-electron chi connectivity index (χ2n) is 18.4. The van der Waals surface area contributed by atoms with E-state index in [1.54, 1.807) is 0 Å². The molecule has 0 aliphatic carbocycles. The lowest BCUT2D eigenvalue weighted by molar-refractivity contribution is -0.146. The Hall–Kier alpha value is -1.18. The van der Waals surface area contributed by atoms with Gasteiger partial charge < -0.3 is 24.0 Å². The van der Waals surface area contributed by atoms with Crippen LogP contribution in [0.3, 0.4) is 0 Å². The van der Waals surface area contributed by atoms with Crippen molar-refractivity contribution in [2.24, 2.45) is 11.8 Å². The fourth-order valence-corrected chi connectivity index (χ4v) is 8.67. The summed E-state index contributed by atoms with van der Waals surface area (Å²) in [6.45, 7) is 16.9. The molecule has 0 unspecified atom stereocenters. The van der Waals surface area contributed by atoms with Gasteiger partial charge in [-0.1, -0.05) is 169 Å². The minimum absolute atomic E-state index is 0.0277. The lowest BCUT2D eigenvalue weighted by Gasteiger charge is -2.32. The van der Waals surface area contributed by atoms with Crippen LogP contribution in [0.4, 0.5) is 0 Å². The van der Waals surface area contributed by atoms with Crippen LogP contribution in [0, 0.1) is 11.8 Å². The van der Waals surface area contributed by atoms with E-state index < -0.39 is 0 Å². The van der Waals surface area contributed by atoms with Crippen molar-refractivity contribution in [1.29, 1.82) is 0 Å². The number of hydrogen-bond acceptors (Lipinski definition) is 7. The first-order valence-electron chi connectivity index (χ1n) is 25.7. The molecule has 0 radical (unpaired) electrons. The van der Waals surface area contributed by atoms with E-state index in [9.17, 15) is 9.59 Å². The highest BCUT2D eigenvalue weighted by molar-refractivity contribution is 5.70. The van der Waals surface area contributed by atoms with Gasteiger partial charge in [-0.3, -0.25) is 9.59 Å². The lowest BCUT2D eigenvalue weighted by Crippen LogP contribution is -2.44. The van der Waals surface area contributed by atoms with Crippen molar-refractivity contribution in [1.82, 2.24) is 9.80 Å². The SMILES string of the molecule is CCCCCC(CCCCC)CC(=O)OCCCCCCCCC(CCCCCCCCOC(=O)CC(CCCCC)CCCCC)OCCCN1CCN(C)CC1. The molecule has 0 saturated carbocycles. The van der Waals surface area contributed by atoms with Crippen LogP contribution < -0.4 is 0 Å². The maximum absolute atomic E-state index is 12.6. The van der Waals surface area contributed by atoms with E-state index in [0.29, 0.717) is 44.0 Å². The zero-order valence-corrected chi connectivity index (χ0v) is 39.7. The van der Waals surface area contributed by atoms with E-state index in [4.69, 9.17) is 14.2 Å². The highest BCUT2D eigenvalue weighted by atomic mass is 16.5. The normalized spacial score (nSPS) is 14.0. The average Bonchev–Trinajstić information content (AvgIpc) is 3.21. The molecule has 58 heavy (non-hydrogen) atoms. The molecule has 7 nitrogen and oxygen atoms in total. The van der Waals surface area contributed by atoms with Crippen LogP contribution in [0.25, 0.3) is 0 Å². The number of unbranched alkanes of at least 4 members (excludes halogenated alkanes) is 18. The molecule has 0 bridgehead atoms. The van der Waals surface area contributed by atoms with Gasteiger partial charge in [-0.2, -0.15) is 0 Å². The summed E-state index contributed by atoms with van der Waals surface area (Å²) in [6.07, 6.45) is 39.1. The summed E-state index contributed by atoms with van der Waals surface area (Å²) in [4.78, 5) is 30.1. The summed E-state index contributed by atoms with van der Waals surface area (Å²) in [5.41, 5.74) is 0. The van der Waals surface area contributed by atoms with Gasteiger partial charge in [0.05, 0.1) is 19.3 Å². The topological polar surface area (TPSA) is 68.3 Å². The summed E-state index contributed by atoms with van der Waals surface area (Å²) in [5.74, 6) is 1.07. The van der Waals surface area contributed by atoms with Crippen molar-refractivity contribution in [3.8, 4) is 0 Å². The fraction of sp³-hybridized carbons (Fsp3) is 0.961. The molecule has 0 aromatic heterocycles. The monoisotopic (exact) mass is 821 g/mol. The highest BCUT2D eigenvalue weighted by Gasteiger charge is 2.17. The summed E-state index contributed by atoms with van der Waals surface area (Å²) in [7, 11) is 2.22. The molecular formula is C51H100N2O5. The van der Waals surface area contributed by atoms with Gasteiger partial charge in [0.25, 0.3) is 0 Å². The molecule has 1 saturated heterocycles. The Morgan fingerprint density at radius 1 is 0.431 bits per heavy atom. The van der Waals surface area contributed by atoms with Crippen LogP contribution in [-0.4, -0.2) is 87.4 Å². The third kappa shape index (κ3) is 34.5. The summed E-state index contributed by atoms with van der Waals surface area (Å²) in [5, 5.41) is 0. The second-order valence-corrected chi connectivity index (χ2v) is 18.4. The summed E-state index contributed by atoms with van der Waals surface area (Å²) in [6, 6.07) is 0. The van der Waals surface area contributed by atoms with Crippen molar-refractivity contribution in [2.45, 2.75) is 246 Å². The first kappa shape index (κ1) is 54.8. The highest BCUT2D eigenvalue weighted by Crippen LogP contribution is 2.23. The van der Waals surface area contributed by atoms with Crippen molar-refractivity contribution in [3.63, 3.8) is 0 Å². The Kier molecular flexibility index (Phi) is 38.9. The Labute approximate surface area is 361 Å². The van der Waals surface area contributed by atoms with E-state index in [1.165, 1.54) is 193 Å². The maximum atomic E-state index is 12.6. The van der Waals surface area contributed by atoms with Gasteiger partial charge in [-0.05, 0) is 76.7 Å². The van der Waals surface area contributed by atoms with Gasteiger partial charge in [0, 0.05) is 52.2 Å². The first-order valence-corrected chi connectivity index (χ1v) is 25.7. The van der Waals surface area contributed by atoms with Gasteiger partial charge in [0.1, 0.15) is 0 Å². The quantitative estimate of drug-likeness (QED) is 0.0448. The predicted molar refractivity (Wildman–Crippen MR) is 248 cm³/mol. The zero-order valence-electron chi connectivity index (χ0n) is 39.7. The molecule has 0 atom stereocenters. The molecule has 7 heteroatoms. The number of piperazine rings is 1. The number of nitrogens with zero attached hydrogens (tertiary/aromatic N) is 2. The molecule has 0 amide bonds. The third-order valence-corrected chi connectivity index (χ3v) is 12.7. The number of esters is 2. The molecule has 1 heterocycles. The summed E-state index contributed by atoms with van der Waals surface area (Å²) >= 11 is 0. The zero-order chi connectivity index (χ0) is 42.2. The van der Waals surface area contributed by atoms with E-state index in [2.05, 4.69) is 44.5 Å². The van der Waals surface area contributed by atoms with Crippen LogP contribution in [-0.2, 0) is 23.8 Å². The molecule has 1 aliphatic heterocycles. The molecule has 1 aliphatic rings. The minimum Gasteiger partial charge on any atom is -0.466 e. The minimum atomic E-state index is 0.0277. The van der Waals surface area contributed by atoms with E-state index in [0.717, 1.165) is 45.3 Å². The molecule has 0 N–H and O–H groups in total. The number of carbonyl (C=O) groups excluding carboxylic acids is 2. The standard InChI is InChI=1S/C51H100N2O5/c1-6-10-22-31-47(32-23-11-7-2)45-50(54)57-42-28-20-16-14-18-26-35-49(56-44-30-37-53-40-38-52(5)39-41-53)36-27-19-15-17-21-29-43-58-51(55)46-48(33-24-12-8-3)34-25-13-9-4/h47-49H,6-46H2,1-5H3. The number of carbonyl (C=O) groups is 2. The molecule has 0 spiro atoms. The lowest BCUT2D eigenvalue weighted by atomic mass is 9.92. The Bertz CT molecular complexity index is 818. The van der Waals surface area contributed by atoms with Crippen LogP contribution in [0.2, 0.25) is 0 Å². The van der Waals surface area contributed by atoms with E-state index in [1.807, 2.05) is 0 Å². The Morgan fingerprint density at radius 2 is 0.793 bits per heavy atom. The smallest absolute Gasteiger partial charge is 0.306 e. The number of likely N-dealkylation sites (N-methyl/N-ethyl adjacent to an activating group) is 1. The van der Waals surface area contributed by atoms with Gasteiger partial charge in [0.2, 0.25) is 0 Å². The molecule has 0 aromatic carbocycles.